The van der Waals surface area contributed by atoms with Gasteiger partial charge in [-0.05, 0) is 19.3 Å². The Morgan fingerprint density at radius 3 is 2.71 bits per heavy atom. The minimum atomic E-state index is -0.812. The molecule has 0 aromatic heterocycles. The normalized spacial score (nSPS) is 26.3. The molecule has 2 unspecified atom stereocenters. The molecule has 0 aliphatic carbocycles. The van der Waals surface area contributed by atoms with E-state index in [2.05, 4.69) is 4.74 Å². The zero-order valence-electron chi connectivity index (χ0n) is 8.40. The number of carbonyl (C=O) groups excluding carboxylic acids is 1. The third kappa shape index (κ3) is 2.16. The van der Waals surface area contributed by atoms with Crippen molar-refractivity contribution in [3.63, 3.8) is 0 Å². The minimum Gasteiger partial charge on any atom is -0.481 e. The van der Waals surface area contributed by atoms with Gasteiger partial charge in [0.1, 0.15) is 0 Å². The predicted octanol–water partition coefficient (Wildman–Crippen LogP) is 0.938. The molecule has 1 aliphatic heterocycles. The van der Waals surface area contributed by atoms with Crippen LogP contribution in [0, 0.1) is 5.92 Å². The monoisotopic (exact) mass is 201 g/mol. The highest BCUT2D eigenvalue weighted by atomic mass is 16.5. The van der Waals surface area contributed by atoms with E-state index in [1.54, 1.807) is 4.90 Å². The number of likely N-dealkylation sites (tertiary alicyclic amines) is 1. The summed E-state index contributed by atoms with van der Waals surface area (Å²) in [4.78, 5) is 23.3. The number of rotatable bonds is 2. The molecule has 1 saturated heterocycles. The Hall–Kier alpha value is -1.26. The molecule has 0 spiro atoms. The average Bonchev–Trinajstić information content (AvgIpc) is 2.46. The standard InChI is InChI=1S/C9H15NO4/c1-6-7(5-8(11)12)3-4-10(6)9(13)14-2/h6-7H,3-5H2,1-2H3,(H,11,12). The Morgan fingerprint density at radius 1 is 1.57 bits per heavy atom. The molecule has 0 aromatic rings. The second kappa shape index (κ2) is 4.30. The molecule has 14 heavy (non-hydrogen) atoms. The van der Waals surface area contributed by atoms with Crippen LogP contribution in [0.4, 0.5) is 4.79 Å². The van der Waals surface area contributed by atoms with Gasteiger partial charge in [-0.25, -0.2) is 4.79 Å². The summed E-state index contributed by atoms with van der Waals surface area (Å²) in [7, 11) is 1.33. The zero-order chi connectivity index (χ0) is 10.7. The van der Waals surface area contributed by atoms with Crippen LogP contribution >= 0.6 is 0 Å². The SMILES string of the molecule is COC(=O)N1CCC(CC(=O)O)C1C. The van der Waals surface area contributed by atoms with E-state index in [0.717, 1.165) is 6.42 Å². The third-order valence-electron chi connectivity index (χ3n) is 2.76. The molecule has 1 rings (SSSR count). The van der Waals surface area contributed by atoms with Crippen molar-refractivity contribution in [1.82, 2.24) is 4.90 Å². The van der Waals surface area contributed by atoms with Crippen LogP contribution in [0.1, 0.15) is 19.8 Å². The molecule has 0 saturated carbocycles. The molecular weight excluding hydrogens is 186 g/mol. The Labute approximate surface area is 82.6 Å². The van der Waals surface area contributed by atoms with E-state index in [-0.39, 0.29) is 24.5 Å². The van der Waals surface area contributed by atoms with Gasteiger partial charge in [-0.2, -0.15) is 0 Å². The van der Waals surface area contributed by atoms with E-state index in [1.807, 2.05) is 6.92 Å². The van der Waals surface area contributed by atoms with Gasteiger partial charge in [-0.3, -0.25) is 4.79 Å². The maximum Gasteiger partial charge on any atom is 0.409 e. The van der Waals surface area contributed by atoms with Crippen LogP contribution in [-0.4, -0.2) is 41.8 Å². The Balaban J connectivity index is 2.55. The maximum absolute atomic E-state index is 11.2. The number of carboxylic acid groups (broad SMARTS) is 1. The topological polar surface area (TPSA) is 66.8 Å². The van der Waals surface area contributed by atoms with Crippen LogP contribution in [0.15, 0.2) is 0 Å². The lowest BCUT2D eigenvalue weighted by atomic mass is 9.98. The van der Waals surface area contributed by atoms with Crippen molar-refractivity contribution in [2.24, 2.45) is 5.92 Å². The van der Waals surface area contributed by atoms with E-state index in [4.69, 9.17) is 5.11 Å². The highest BCUT2D eigenvalue weighted by Gasteiger charge is 2.35. The molecule has 2 atom stereocenters. The van der Waals surface area contributed by atoms with Gasteiger partial charge in [0.2, 0.25) is 0 Å². The van der Waals surface area contributed by atoms with E-state index in [0.29, 0.717) is 6.54 Å². The van der Waals surface area contributed by atoms with Crippen molar-refractivity contribution in [3.8, 4) is 0 Å². The molecule has 0 aromatic carbocycles. The molecule has 5 heteroatoms. The van der Waals surface area contributed by atoms with Crippen molar-refractivity contribution in [1.29, 1.82) is 0 Å². The lowest BCUT2D eigenvalue weighted by molar-refractivity contribution is -0.138. The molecule has 1 heterocycles. The fraction of sp³-hybridized carbons (Fsp3) is 0.778. The van der Waals surface area contributed by atoms with E-state index >= 15 is 0 Å². The second-order valence-corrected chi connectivity index (χ2v) is 3.55. The molecule has 1 aliphatic rings. The quantitative estimate of drug-likeness (QED) is 0.722. The molecule has 1 amide bonds. The number of hydrogen-bond acceptors (Lipinski definition) is 3. The summed E-state index contributed by atoms with van der Waals surface area (Å²) in [6.07, 6.45) is 0.488. The second-order valence-electron chi connectivity index (χ2n) is 3.55. The van der Waals surface area contributed by atoms with E-state index < -0.39 is 5.97 Å². The van der Waals surface area contributed by atoms with Crippen molar-refractivity contribution in [2.45, 2.75) is 25.8 Å². The number of aliphatic carboxylic acids is 1. The van der Waals surface area contributed by atoms with Crippen molar-refractivity contribution < 1.29 is 19.4 Å². The number of methoxy groups -OCH3 is 1. The van der Waals surface area contributed by atoms with E-state index in [1.165, 1.54) is 7.11 Å². The third-order valence-corrected chi connectivity index (χ3v) is 2.76. The van der Waals surface area contributed by atoms with Gasteiger partial charge >= 0.3 is 12.1 Å². The summed E-state index contributed by atoms with van der Waals surface area (Å²) in [6.45, 7) is 2.45. The number of nitrogens with zero attached hydrogens (tertiary/aromatic N) is 1. The fourth-order valence-electron chi connectivity index (χ4n) is 1.88. The Kier molecular flexibility index (Phi) is 3.33. The van der Waals surface area contributed by atoms with Gasteiger partial charge < -0.3 is 14.7 Å². The highest BCUT2D eigenvalue weighted by Crippen LogP contribution is 2.27. The summed E-state index contributed by atoms with van der Waals surface area (Å²) in [6, 6.07) is -0.0430. The average molecular weight is 201 g/mol. The smallest absolute Gasteiger partial charge is 0.409 e. The molecule has 80 valence electrons. The first-order valence-electron chi connectivity index (χ1n) is 4.62. The van der Waals surface area contributed by atoms with Gasteiger partial charge in [0.25, 0.3) is 0 Å². The largest absolute Gasteiger partial charge is 0.481 e. The van der Waals surface area contributed by atoms with Crippen molar-refractivity contribution >= 4 is 12.1 Å². The predicted molar refractivity (Wildman–Crippen MR) is 48.9 cm³/mol. The first kappa shape index (κ1) is 10.8. The summed E-state index contributed by atoms with van der Waals surface area (Å²) >= 11 is 0. The molecule has 0 bridgehead atoms. The number of amides is 1. The number of carbonyl (C=O) groups is 2. The molecule has 0 radical (unpaired) electrons. The van der Waals surface area contributed by atoms with Crippen LogP contribution in [0.25, 0.3) is 0 Å². The van der Waals surface area contributed by atoms with Crippen LogP contribution in [0.5, 0.6) is 0 Å². The van der Waals surface area contributed by atoms with Gasteiger partial charge in [0.15, 0.2) is 0 Å². The first-order valence-corrected chi connectivity index (χ1v) is 4.62. The maximum atomic E-state index is 11.2. The van der Waals surface area contributed by atoms with Crippen LogP contribution in [0.3, 0.4) is 0 Å². The van der Waals surface area contributed by atoms with Crippen molar-refractivity contribution in [3.05, 3.63) is 0 Å². The molecule has 1 N–H and O–H groups in total. The molecule has 5 nitrogen and oxygen atoms in total. The fourth-order valence-corrected chi connectivity index (χ4v) is 1.88. The van der Waals surface area contributed by atoms with Crippen LogP contribution in [0.2, 0.25) is 0 Å². The summed E-state index contributed by atoms with van der Waals surface area (Å²) in [5.74, 6) is -0.764. The number of hydrogen-bond donors (Lipinski definition) is 1. The Bertz CT molecular complexity index is 241. The lowest BCUT2D eigenvalue weighted by Gasteiger charge is -2.22. The van der Waals surface area contributed by atoms with Gasteiger partial charge in [-0.15, -0.1) is 0 Å². The van der Waals surface area contributed by atoms with Gasteiger partial charge in [-0.1, -0.05) is 0 Å². The first-order chi connectivity index (χ1) is 6.56. The Morgan fingerprint density at radius 2 is 2.21 bits per heavy atom. The minimum absolute atomic E-state index is 0.0430. The number of ether oxygens (including phenoxy) is 1. The molecular formula is C9H15NO4. The number of carboxylic acids is 1. The van der Waals surface area contributed by atoms with Crippen molar-refractivity contribution in [2.75, 3.05) is 13.7 Å². The highest BCUT2D eigenvalue weighted by molar-refractivity contribution is 5.70. The summed E-state index contributed by atoms with van der Waals surface area (Å²) < 4.78 is 4.60. The van der Waals surface area contributed by atoms with Gasteiger partial charge in [0, 0.05) is 12.6 Å². The van der Waals surface area contributed by atoms with E-state index in [9.17, 15) is 9.59 Å². The zero-order valence-corrected chi connectivity index (χ0v) is 8.40. The summed E-state index contributed by atoms with van der Waals surface area (Å²) in [5, 5.41) is 8.64. The molecule has 1 fully saturated rings. The van der Waals surface area contributed by atoms with Crippen LogP contribution < -0.4 is 0 Å². The lowest BCUT2D eigenvalue weighted by Crippen LogP contribution is -2.36. The van der Waals surface area contributed by atoms with Crippen LogP contribution in [-0.2, 0) is 9.53 Å². The summed E-state index contributed by atoms with van der Waals surface area (Å²) in [5.41, 5.74) is 0. The van der Waals surface area contributed by atoms with Gasteiger partial charge in [0.05, 0.1) is 13.5 Å².